The van der Waals surface area contributed by atoms with Crippen LogP contribution in [0.4, 0.5) is 4.79 Å². The third-order valence-corrected chi connectivity index (χ3v) is 4.42. The van der Waals surface area contributed by atoms with Gasteiger partial charge in [-0.15, -0.1) is 6.42 Å². The Kier molecular flexibility index (Phi) is 4.51. The second-order valence-corrected chi connectivity index (χ2v) is 6.83. The summed E-state index contributed by atoms with van der Waals surface area (Å²) in [4.78, 5) is 38.2. The van der Waals surface area contributed by atoms with E-state index in [4.69, 9.17) is 11.2 Å². The molecule has 6 nitrogen and oxygen atoms in total. The number of urea groups is 1. The quantitative estimate of drug-likeness (QED) is 0.334. The second kappa shape index (κ2) is 6.07. The number of carbonyl (C=O) groups is 3. The number of hydrogen-bond donors (Lipinski definition) is 0. The first-order chi connectivity index (χ1) is 10.7. The fraction of sp³-hybridized carbons (Fsp3) is 0.588. The summed E-state index contributed by atoms with van der Waals surface area (Å²) < 4.78 is 5.20. The predicted octanol–water partition coefficient (Wildman–Crippen LogP) is 1.62. The maximum absolute atomic E-state index is 12.2. The van der Waals surface area contributed by atoms with Crippen molar-refractivity contribution >= 4 is 17.9 Å². The lowest BCUT2D eigenvalue weighted by Crippen LogP contribution is -2.36. The van der Waals surface area contributed by atoms with Crippen molar-refractivity contribution < 1.29 is 19.1 Å². The number of carbonyl (C=O) groups excluding carboxylic acids is 3. The normalized spacial score (nSPS) is 25.2. The average Bonchev–Trinajstić information content (AvgIpc) is 2.85. The summed E-state index contributed by atoms with van der Waals surface area (Å²) >= 11 is 0. The predicted molar refractivity (Wildman–Crippen MR) is 83.8 cm³/mol. The van der Waals surface area contributed by atoms with Gasteiger partial charge in [-0.1, -0.05) is 31.4 Å². The van der Waals surface area contributed by atoms with Crippen LogP contribution < -0.4 is 0 Å². The van der Waals surface area contributed by atoms with E-state index in [2.05, 4.69) is 12.0 Å². The largest absolute Gasteiger partial charge is 0.443 e. The number of hydrogen-bond acceptors (Lipinski definition) is 4. The van der Waals surface area contributed by atoms with Crippen molar-refractivity contribution in [2.45, 2.75) is 27.7 Å². The Balaban J connectivity index is 1.93. The van der Waals surface area contributed by atoms with Gasteiger partial charge in [0.15, 0.2) is 6.73 Å². The molecule has 0 N–H and O–H groups in total. The minimum Gasteiger partial charge on any atom is -0.443 e. The van der Waals surface area contributed by atoms with E-state index in [9.17, 15) is 14.4 Å². The number of ether oxygens (including phenoxy) is 1. The molecule has 1 saturated carbocycles. The van der Waals surface area contributed by atoms with Gasteiger partial charge < -0.3 is 9.64 Å². The first kappa shape index (κ1) is 17.1. The third kappa shape index (κ3) is 3.24. The second-order valence-electron chi connectivity index (χ2n) is 6.83. The molecule has 2 atom stereocenters. The molecule has 2 rings (SSSR count). The third-order valence-electron chi connectivity index (χ3n) is 4.42. The number of terminal acetylenes is 1. The van der Waals surface area contributed by atoms with Gasteiger partial charge in [0.1, 0.15) is 6.54 Å². The van der Waals surface area contributed by atoms with Crippen LogP contribution in [0.2, 0.25) is 0 Å². The van der Waals surface area contributed by atoms with Crippen LogP contribution >= 0.6 is 0 Å². The Hall–Kier alpha value is -2.29. The zero-order valence-electron chi connectivity index (χ0n) is 14.0. The lowest BCUT2D eigenvalue weighted by atomic mass is 10.1. The highest BCUT2D eigenvalue weighted by atomic mass is 16.5. The number of allylic oxidation sites excluding steroid dienone is 2. The number of esters is 1. The smallest absolute Gasteiger partial charge is 0.330 e. The van der Waals surface area contributed by atoms with Crippen molar-refractivity contribution in [1.82, 2.24) is 9.80 Å². The molecule has 1 saturated heterocycles. The van der Waals surface area contributed by atoms with Crippen LogP contribution in [0.1, 0.15) is 27.7 Å². The Bertz CT molecular complexity index is 611. The molecule has 0 radical (unpaired) electrons. The lowest BCUT2D eigenvalue weighted by Gasteiger charge is -2.15. The first-order valence-electron chi connectivity index (χ1n) is 7.54. The van der Waals surface area contributed by atoms with E-state index < -0.39 is 11.9 Å². The SMILES string of the molecule is C#CCN1CC(=O)N(COC(=O)[C@@H]2[C@H](C=C(C)C)C2(C)C)C1=O. The minimum atomic E-state index is -0.517. The maximum atomic E-state index is 12.2. The average molecular weight is 318 g/mol. The molecule has 0 aromatic heterocycles. The van der Waals surface area contributed by atoms with Gasteiger partial charge in [0.2, 0.25) is 0 Å². The van der Waals surface area contributed by atoms with Crippen molar-refractivity contribution in [3.8, 4) is 12.3 Å². The Labute approximate surface area is 136 Å². The molecule has 0 spiro atoms. The van der Waals surface area contributed by atoms with Gasteiger partial charge in [-0.3, -0.25) is 9.59 Å². The summed E-state index contributed by atoms with van der Waals surface area (Å²) in [6.07, 6.45) is 7.21. The topological polar surface area (TPSA) is 66.9 Å². The van der Waals surface area contributed by atoms with Crippen LogP contribution in [0.3, 0.4) is 0 Å². The number of amides is 3. The fourth-order valence-electron chi connectivity index (χ4n) is 2.97. The molecule has 124 valence electrons. The highest BCUT2D eigenvalue weighted by Gasteiger charge is 2.61. The van der Waals surface area contributed by atoms with Crippen LogP contribution in [0, 0.1) is 29.6 Å². The standard InChI is InChI=1S/C17H22N2O4/c1-6-7-18-9-13(20)19(16(18)22)10-23-15(21)14-12(8-11(2)3)17(14,4)5/h1,8,12,14H,7,9-10H2,2-5H3/t12-,14-/m0/s1. The van der Waals surface area contributed by atoms with Crippen LogP contribution in [0.5, 0.6) is 0 Å². The Morgan fingerprint density at radius 1 is 1.43 bits per heavy atom. The molecule has 1 heterocycles. The molecule has 2 fully saturated rings. The van der Waals surface area contributed by atoms with Gasteiger partial charge in [0.25, 0.3) is 5.91 Å². The van der Waals surface area contributed by atoms with E-state index in [1.807, 2.05) is 27.7 Å². The van der Waals surface area contributed by atoms with Crippen LogP contribution in [-0.2, 0) is 14.3 Å². The molecule has 0 bridgehead atoms. The van der Waals surface area contributed by atoms with E-state index in [0.717, 1.165) is 10.5 Å². The number of imide groups is 1. The molecule has 0 aromatic rings. The highest BCUT2D eigenvalue weighted by molar-refractivity contribution is 6.02. The van der Waals surface area contributed by atoms with Crippen molar-refractivity contribution in [3.05, 3.63) is 11.6 Å². The van der Waals surface area contributed by atoms with E-state index in [1.54, 1.807) is 0 Å². The molecule has 0 aromatic carbocycles. The minimum absolute atomic E-state index is 0.0628. The van der Waals surface area contributed by atoms with Gasteiger partial charge in [-0.25, -0.2) is 9.69 Å². The van der Waals surface area contributed by atoms with Gasteiger partial charge in [0, 0.05) is 0 Å². The molecule has 3 amide bonds. The summed E-state index contributed by atoms with van der Waals surface area (Å²) in [6, 6.07) is -0.517. The van der Waals surface area contributed by atoms with Crippen molar-refractivity contribution in [2.24, 2.45) is 17.3 Å². The van der Waals surface area contributed by atoms with E-state index in [-0.39, 0.29) is 43.0 Å². The monoisotopic (exact) mass is 318 g/mol. The lowest BCUT2D eigenvalue weighted by molar-refractivity contribution is -0.151. The summed E-state index contributed by atoms with van der Waals surface area (Å²) in [6.45, 7) is 7.61. The van der Waals surface area contributed by atoms with E-state index >= 15 is 0 Å². The van der Waals surface area contributed by atoms with Gasteiger partial charge >= 0.3 is 12.0 Å². The molecule has 6 heteroatoms. The first-order valence-corrected chi connectivity index (χ1v) is 7.54. The van der Waals surface area contributed by atoms with Crippen molar-refractivity contribution in [2.75, 3.05) is 19.8 Å². The maximum Gasteiger partial charge on any atom is 0.330 e. The number of rotatable bonds is 5. The highest BCUT2D eigenvalue weighted by Crippen LogP contribution is 2.59. The summed E-state index contributed by atoms with van der Waals surface area (Å²) in [5.41, 5.74) is 0.983. The van der Waals surface area contributed by atoms with Crippen molar-refractivity contribution in [1.29, 1.82) is 0 Å². The Morgan fingerprint density at radius 2 is 2.09 bits per heavy atom. The van der Waals surface area contributed by atoms with Crippen LogP contribution in [0.25, 0.3) is 0 Å². The molecule has 23 heavy (non-hydrogen) atoms. The van der Waals surface area contributed by atoms with E-state index in [0.29, 0.717) is 0 Å². The summed E-state index contributed by atoms with van der Waals surface area (Å²) in [5, 5.41) is 0. The summed E-state index contributed by atoms with van der Waals surface area (Å²) in [7, 11) is 0. The zero-order chi connectivity index (χ0) is 17.4. The fourth-order valence-corrected chi connectivity index (χ4v) is 2.97. The number of nitrogens with zero attached hydrogens (tertiary/aromatic N) is 2. The Morgan fingerprint density at radius 3 is 2.65 bits per heavy atom. The van der Waals surface area contributed by atoms with Gasteiger partial charge in [-0.05, 0) is 25.2 Å². The van der Waals surface area contributed by atoms with Gasteiger partial charge in [0.05, 0.1) is 12.5 Å². The van der Waals surface area contributed by atoms with Crippen LogP contribution in [-0.4, -0.2) is 47.5 Å². The molecule has 2 aliphatic rings. The van der Waals surface area contributed by atoms with Crippen LogP contribution in [0.15, 0.2) is 11.6 Å². The molecule has 1 aliphatic carbocycles. The van der Waals surface area contributed by atoms with Crippen molar-refractivity contribution in [3.63, 3.8) is 0 Å². The van der Waals surface area contributed by atoms with Gasteiger partial charge in [-0.2, -0.15) is 0 Å². The zero-order valence-corrected chi connectivity index (χ0v) is 14.0. The van der Waals surface area contributed by atoms with E-state index in [1.165, 1.54) is 4.90 Å². The molecule has 1 aliphatic heterocycles. The molecular formula is C17H22N2O4. The summed E-state index contributed by atoms with van der Waals surface area (Å²) in [5.74, 6) is 1.42. The molecular weight excluding hydrogens is 296 g/mol. The molecule has 0 unspecified atom stereocenters.